The minimum Gasteiger partial charge on any atom is -0.493 e. The molecule has 1 heterocycles. The van der Waals surface area contributed by atoms with Crippen LogP contribution >= 0.6 is 11.3 Å². The van der Waals surface area contributed by atoms with E-state index in [2.05, 4.69) is 10.3 Å². The highest BCUT2D eigenvalue weighted by molar-refractivity contribution is 7.13. The Hall–Kier alpha value is -3.04. The lowest BCUT2D eigenvalue weighted by molar-refractivity contribution is 0.0933. The molecule has 0 spiro atoms. The molecule has 158 valence electrons. The van der Waals surface area contributed by atoms with E-state index < -0.39 is 11.6 Å². The van der Waals surface area contributed by atoms with Crippen LogP contribution in [0.4, 0.5) is 8.78 Å². The first-order valence-electron chi connectivity index (χ1n) is 8.99. The molecular weight excluding hydrogens is 414 g/mol. The zero-order valence-corrected chi connectivity index (χ0v) is 17.2. The van der Waals surface area contributed by atoms with Crippen molar-refractivity contribution < 1.29 is 27.8 Å². The molecular formula is C21H20F2N2O4S. The van der Waals surface area contributed by atoms with Crippen LogP contribution in [0.1, 0.15) is 16.1 Å². The van der Waals surface area contributed by atoms with Crippen LogP contribution in [-0.4, -0.2) is 38.3 Å². The molecule has 1 aromatic heterocycles. The van der Waals surface area contributed by atoms with Gasteiger partial charge in [0.25, 0.3) is 5.91 Å². The first-order chi connectivity index (χ1) is 14.5. The molecule has 2 aromatic carbocycles. The average Bonchev–Trinajstić information content (AvgIpc) is 3.25. The molecule has 0 unspecified atom stereocenters. The number of amides is 1. The molecule has 6 nitrogen and oxygen atoms in total. The van der Waals surface area contributed by atoms with Crippen molar-refractivity contribution in [3.63, 3.8) is 0 Å². The number of carbonyl (C=O) groups excluding carboxylic acids is 1. The Labute approximate surface area is 176 Å². The van der Waals surface area contributed by atoms with Gasteiger partial charge in [-0.2, -0.15) is 0 Å². The van der Waals surface area contributed by atoms with Gasteiger partial charge in [-0.25, -0.2) is 13.8 Å². The molecule has 0 aliphatic carbocycles. The lowest BCUT2D eigenvalue weighted by Gasteiger charge is -2.12. The van der Waals surface area contributed by atoms with Gasteiger partial charge in [0.05, 0.1) is 13.7 Å². The number of nitrogens with zero attached hydrogens (tertiary/aromatic N) is 1. The van der Waals surface area contributed by atoms with Gasteiger partial charge in [-0.15, -0.1) is 11.3 Å². The van der Waals surface area contributed by atoms with Crippen molar-refractivity contribution in [2.24, 2.45) is 0 Å². The highest BCUT2D eigenvalue weighted by atomic mass is 32.1. The van der Waals surface area contributed by atoms with Crippen molar-refractivity contribution in [3.8, 4) is 22.1 Å². The summed E-state index contributed by atoms with van der Waals surface area (Å²) in [7, 11) is 3.06. The summed E-state index contributed by atoms with van der Waals surface area (Å²) in [6.07, 6.45) is 0. The third-order valence-electron chi connectivity index (χ3n) is 4.12. The van der Waals surface area contributed by atoms with Crippen LogP contribution in [0.3, 0.4) is 0 Å². The van der Waals surface area contributed by atoms with Crippen LogP contribution in [0.25, 0.3) is 10.6 Å². The Bertz CT molecular complexity index is 1030. The molecule has 0 aliphatic heterocycles. The lowest BCUT2D eigenvalue weighted by atomic mass is 10.2. The number of methoxy groups -OCH3 is 2. The first kappa shape index (κ1) is 21.7. The average molecular weight is 434 g/mol. The molecule has 30 heavy (non-hydrogen) atoms. The number of hydrogen-bond donors (Lipinski definition) is 1. The molecule has 0 aliphatic rings. The summed E-state index contributed by atoms with van der Waals surface area (Å²) in [6.45, 7) is 0.877. The number of nitrogens with one attached hydrogen (secondary N) is 1. The summed E-state index contributed by atoms with van der Waals surface area (Å²) in [5.74, 6) is -1.20. The van der Waals surface area contributed by atoms with Gasteiger partial charge in [-0.3, -0.25) is 4.79 Å². The van der Waals surface area contributed by atoms with Gasteiger partial charge < -0.3 is 19.5 Å². The number of thiazole rings is 1. The summed E-state index contributed by atoms with van der Waals surface area (Å²) >= 11 is 1.33. The summed E-state index contributed by atoms with van der Waals surface area (Å²) in [6, 6.07) is 8.83. The molecule has 1 amide bonds. The molecule has 0 bridgehead atoms. The molecule has 0 saturated heterocycles. The molecule has 3 aromatic rings. The van der Waals surface area contributed by atoms with E-state index in [1.165, 1.54) is 24.5 Å². The van der Waals surface area contributed by atoms with Gasteiger partial charge in [0, 0.05) is 24.6 Å². The van der Waals surface area contributed by atoms with E-state index in [1.54, 1.807) is 30.7 Å². The number of ether oxygens (including phenoxy) is 3. The van der Waals surface area contributed by atoms with Crippen molar-refractivity contribution in [2.75, 3.05) is 27.4 Å². The van der Waals surface area contributed by atoms with E-state index in [-0.39, 0.29) is 12.5 Å². The smallest absolute Gasteiger partial charge is 0.270 e. The zero-order chi connectivity index (χ0) is 21.5. The Morgan fingerprint density at radius 1 is 1.10 bits per heavy atom. The van der Waals surface area contributed by atoms with Gasteiger partial charge in [0.15, 0.2) is 23.1 Å². The van der Waals surface area contributed by atoms with E-state index in [0.29, 0.717) is 40.9 Å². The van der Waals surface area contributed by atoms with Crippen molar-refractivity contribution in [1.29, 1.82) is 0 Å². The van der Waals surface area contributed by atoms with Gasteiger partial charge in [-0.05, 0) is 35.9 Å². The second-order valence-corrected chi connectivity index (χ2v) is 7.05. The van der Waals surface area contributed by atoms with E-state index in [9.17, 15) is 13.6 Å². The molecule has 0 saturated carbocycles. The molecule has 0 fully saturated rings. The van der Waals surface area contributed by atoms with Gasteiger partial charge in [-0.1, -0.05) is 6.07 Å². The molecule has 1 N–H and O–H groups in total. The van der Waals surface area contributed by atoms with Crippen molar-refractivity contribution in [1.82, 2.24) is 10.3 Å². The Morgan fingerprint density at radius 2 is 1.93 bits per heavy atom. The number of carbonyl (C=O) groups is 1. The van der Waals surface area contributed by atoms with Crippen LogP contribution < -0.4 is 14.8 Å². The second kappa shape index (κ2) is 10.1. The maximum absolute atomic E-state index is 13.3. The third-order valence-corrected chi connectivity index (χ3v) is 5.01. The monoisotopic (exact) mass is 434 g/mol. The number of hydrogen-bond acceptors (Lipinski definition) is 6. The van der Waals surface area contributed by atoms with Crippen molar-refractivity contribution >= 4 is 17.2 Å². The van der Waals surface area contributed by atoms with E-state index in [1.807, 2.05) is 0 Å². The Kier molecular flexibility index (Phi) is 7.31. The highest BCUT2D eigenvalue weighted by Crippen LogP contribution is 2.34. The second-order valence-electron chi connectivity index (χ2n) is 6.19. The SMILES string of the molecule is COCCNC(=O)c1csc(-c2ccc(OCc3ccc(F)c(F)c3)c(OC)c2)n1. The Balaban J connectivity index is 1.71. The third kappa shape index (κ3) is 5.31. The van der Waals surface area contributed by atoms with Crippen molar-refractivity contribution in [2.45, 2.75) is 6.61 Å². The van der Waals surface area contributed by atoms with Crippen LogP contribution in [0.15, 0.2) is 41.8 Å². The van der Waals surface area contributed by atoms with E-state index in [4.69, 9.17) is 14.2 Å². The van der Waals surface area contributed by atoms with Gasteiger partial charge in [0.1, 0.15) is 17.3 Å². The fourth-order valence-electron chi connectivity index (χ4n) is 2.58. The Morgan fingerprint density at radius 3 is 2.67 bits per heavy atom. The highest BCUT2D eigenvalue weighted by Gasteiger charge is 2.14. The van der Waals surface area contributed by atoms with Crippen LogP contribution in [-0.2, 0) is 11.3 Å². The molecule has 3 rings (SSSR count). The maximum Gasteiger partial charge on any atom is 0.270 e. The molecule has 9 heteroatoms. The van der Waals surface area contributed by atoms with Gasteiger partial charge >= 0.3 is 0 Å². The summed E-state index contributed by atoms with van der Waals surface area (Å²) in [5.41, 5.74) is 1.57. The number of halogens is 2. The van der Waals surface area contributed by atoms with Crippen LogP contribution in [0, 0.1) is 11.6 Å². The summed E-state index contributed by atoms with van der Waals surface area (Å²) < 4.78 is 42.4. The molecule has 0 atom stereocenters. The van der Waals surface area contributed by atoms with Crippen molar-refractivity contribution in [3.05, 3.63) is 64.7 Å². The first-order valence-corrected chi connectivity index (χ1v) is 9.87. The fraction of sp³-hybridized carbons (Fsp3) is 0.238. The molecule has 0 radical (unpaired) electrons. The fourth-order valence-corrected chi connectivity index (χ4v) is 3.38. The zero-order valence-electron chi connectivity index (χ0n) is 16.4. The minimum atomic E-state index is -0.927. The number of benzene rings is 2. The maximum atomic E-state index is 13.3. The number of rotatable bonds is 9. The lowest BCUT2D eigenvalue weighted by Crippen LogP contribution is -2.27. The predicted octanol–water partition coefficient (Wildman–Crippen LogP) is 4.05. The summed E-state index contributed by atoms with van der Waals surface area (Å²) in [5, 5.41) is 5.05. The standard InChI is InChI=1S/C21H20F2N2O4S/c1-27-8-7-24-20(26)17-12-30-21(25-17)14-4-6-18(19(10-14)28-2)29-11-13-3-5-15(22)16(23)9-13/h3-6,9-10,12H,7-8,11H2,1-2H3,(H,24,26). The van der Waals surface area contributed by atoms with Gasteiger partial charge in [0.2, 0.25) is 0 Å². The quantitative estimate of drug-likeness (QED) is 0.515. The van der Waals surface area contributed by atoms with E-state index >= 15 is 0 Å². The number of aromatic nitrogens is 1. The topological polar surface area (TPSA) is 69.7 Å². The normalized spacial score (nSPS) is 10.7. The van der Waals surface area contributed by atoms with E-state index in [0.717, 1.165) is 17.7 Å². The largest absolute Gasteiger partial charge is 0.493 e. The predicted molar refractivity (Wildman–Crippen MR) is 109 cm³/mol. The summed E-state index contributed by atoms with van der Waals surface area (Å²) in [4.78, 5) is 16.5. The van der Waals surface area contributed by atoms with Crippen LogP contribution in [0.5, 0.6) is 11.5 Å². The van der Waals surface area contributed by atoms with Crippen LogP contribution in [0.2, 0.25) is 0 Å². The minimum absolute atomic E-state index is 0.0515.